The Morgan fingerprint density at radius 2 is 1.56 bits per heavy atom. The van der Waals surface area contributed by atoms with E-state index >= 15 is 0 Å². The van der Waals surface area contributed by atoms with Crippen molar-refractivity contribution in [2.24, 2.45) is 0 Å². The average molecular weight is 426 g/mol. The predicted octanol–water partition coefficient (Wildman–Crippen LogP) is 6.10. The van der Waals surface area contributed by atoms with E-state index < -0.39 is 11.8 Å². The number of halogens is 1. The van der Waals surface area contributed by atoms with E-state index in [4.69, 9.17) is 13.9 Å². The molecule has 0 atom stereocenters. The van der Waals surface area contributed by atoms with Crippen LogP contribution in [0.15, 0.2) is 100 Å². The van der Waals surface area contributed by atoms with E-state index in [-0.39, 0.29) is 33.5 Å². The van der Waals surface area contributed by atoms with Crippen LogP contribution in [0.25, 0.3) is 21.7 Å². The Morgan fingerprint density at radius 3 is 2.38 bits per heavy atom. The first kappa shape index (κ1) is 19.5. The minimum Gasteiger partial charge on any atom is -0.460 e. The molecule has 32 heavy (non-hydrogen) atoms. The highest BCUT2D eigenvalue weighted by Gasteiger charge is 2.13. The zero-order chi connectivity index (χ0) is 22.1. The van der Waals surface area contributed by atoms with E-state index in [9.17, 15) is 14.0 Å². The van der Waals surface area contributed by atoms with Gasteiger partial charge in [0.1, 0.15) is 29.2 Å². The molecule has 0 radical (unpaired) electrons. The number of carbonyl (C=O) groups excluding carboxylic acids is 1. The summed E-state index contributed by atoms with van der Waals surface area (Å²) in [6, 6.07) is 22.8. The van der Waals surface area contributed by atoms with E-state index in [2.05, 4.69) is 0 Å². The Balaban J connectivity index is 1.40. The van der Waals surface area contributed by atoms with Crippen LogP contribution in [0.4, 0.5) is 4.39 Å². The SMILES string of the molecule is O=C(Oc1ccc2c(=O)c(Oc3ccc4ccccc4c3)coc2c1)c1ccc(F)cc1. The zero-order valence-electron chi connectivity index (χ0n) is 16.6. The Morgan fingerprint density at radius 1 is 0.812 bits per heavy atom. The molecular formula is C26H15FO5. The molecule has 1 aromatic heterocycles. The minimum atomic E-state index is -0.650. The fraction of sp³-hybridized carbons (Fsp3) is 0. The predicted molar refractivity (Wildman–Crippen MR) is 118 cm³/mol. The molecule has 0 unspecified atom stereocenters. The molecule has 5 aromatic rings. The lowest BCUT2D eigenvalue weighted by atomic mass is 10.1. The van der Waals surface area contributed by atoms with Crippen LogP contribution in [-0.4, -0.2) is 5.97 Å². The number of benzene rings is 4. The summed E-state index contributed by atoms with van der Waals surface area (Å²) in [4.78, 5) is 25.1. The molecule has 0 aliphatic heterocycles. The molecule has 0 aliphatic carbocycles. The van der Waals surface area contributed by atoms with E-state index in [0.29, 0.717) is 5.75 Å². The monoisotopic (exact) mass is 426 g/mol. The van der Waals surface area contributed by atoms with Gasteiger partial charge in [-0.3, -0.25) is 4.79 Å². The molecule has 0 N–H and O–H groups in total. The van der Waals surface area contributed by atoms with Crippen LogP contribution in [-0.2, 0) is 0 Å². The molecule has 0 amide bonds. The fourth-order valence-electron chi connectivity index (χ4n) is 3.33. The van der Waals surface area contributed by atoms with Crippen molar-refractivity contribution < 1.29 is 23.1 Å². The van der Waals surface area contributed by atoms with Crippen molar-refractivity contribution in [2.45, 2.75) is 0 Å². The third-order valence-electron chi connectivity index (χ3n) is 4.95. The standard InChI is InChI=1S/C26H15FO5/c27-19-8-5-17(6-9-19)26(29)32-21-11-12-22-23(14-21)30-15-24(25(22)28)31-20-10-7-16-3-1-2-4-18(16)13-20/h1-15H. The largest absolute Gasteiger partial charge is 0.460 e. The van der Waals surface area contributed by atoms with Gasteiger partial charge in [-0.25, -0.2) is 9.18 Å². The number of hydrogen-bond acceptors (Lipinski definition) is 5. The molecule has 0 fully saturated rings. The third kappa shape index (κ3) is 3.81. The molecular weight excluding hydrogens is 411 g/mol. The van der Waals surface area contributed by atoms with E-state index in [1.165, 1.54) is 48.7 Å². The molecule has 0 spiro atoms. The van der Waals surface area contributed by atoms with E-state index in [1.807, 2.05) is 36.4 Å². The van der Waals surface area contributed by atoms with Gasteiger partial charge in [0, 0.05) is 6.07 Å². The van der Waals surface area contributed by atoms with Gasteiger partial charge in [-0.05, 0) is 59.3 Å². The lowest BCUT2D eigenvalue weighted by Crippen LogP contribution is -2.09. The molecule has 1 heterocycles. The summed E-state index contributed by atoms with van der Waals surface area (Å²) in [7, 11) is 0. The summed E-state index contributed by atoms with van der Waals surface area (Å²) in [5.74, 6) is -0.346. The molecule has 4 aromatic carbocycles. The van der Waals surface area contributed by atoms with Gasteiger partial charge in [-0.1, -0.05) is 30.3 Å². The summed E-state index contributed by atoms with van der Waals surface area (Å²) < 4.78 is 29.7. The summed E-state index contributed by atoms with van der Waals surface area (Å²) in [5.41, 5.74) is 0.0909. The highest BCUT2D eigenvalue weighted by atomic mass is 19.1. The van der Waals surface area contributed by atoms with Crippen molar-refractivity contribution in [2.75, 3.05) is 0 Å². The van der Waals surface area contributed by atoms with Gasteiger partial charge in [0.15, 0.2) is 0 Å². The highest BCUT2D eigenvalue weighted by Crippen LogP contribution is 2.27. The number of hydrogen-bond donors (Lipinski definition) is 0. The lowest BCUT2D eigenvalue weighted by molar-refractivity contribution is 0.0735. The maximum absolute atomic E-state index is 13.0. The Labute approximate surface area is 181 Å². The van der Waals surface area contributed by atoms with Crippen molar-refractivity contribution in [1.29, 1.82) is 0 Å². The first-order valence-electron chi connectivity index (χ1n) is 9.77. The molecule has 0 bridgehead atoms. The normalized spacial score (nSPS) is 10.9. The number of carbonyl (C=O) groups is 1. The zero-order valence-corrected chi connectivity index (χ0v) is 16.6. The second-order valence-electron chi connectivity index (χ2n) is 7.09. The Kier molecular flexibility index (Phi) is 4.88. The summed E-state index contributed by atoms with van der Waals surface area (Å²) in [6.07, 6.45) is 1.23. The van der Waals surface area contributed by atoms with Crippen molar-refractivity contribution in [3.8, 4) is 17.2 Å². The van der Waals surface area contributed by atoms with Crippen LogP contribution < -0.4 is 14.9 Å². The Hall–Kier alpha value is -4.45. The van der Waals surface area contributed by atoms with Gasteiger partial charge < -0.3 is 13.9 Å². The van der Waals surface area contributed by atoms with Crippen LogP contribution in [0.1, 0.15) is 10.4 Å². The fourth-order valence-corrected chi connectivity index (χ4v) is 3.33. The second kappa shape index (κ2) is 8.00. The van der Waals surface area contributed by atoms with Gasteiger partial charge in [-0.2, -0.15) is 0 Å². The topological polar surface area (TPSA) is 65.7 Å². The smallest absolute Gasteiger partial charge is 0.343 e. The van der Waals surface area contributed by atoms with Crippen LogP contribution >= 0.6 is 0 Å². The molecule has 0 saturated heterocycles. The van der Waals surface area contributed by atoms with E-state index in [0.717, 1.165) is 10.8 Å². The number of esters is 1. The first-order chi connectivity index (χ1) is 15.6. The Bertz CT molecular complexity index is 1520. The van der Waals surface area contributed by atoms with Gasteiger partial charge in [0.2, 0.25) is 11.2 Å². The maximum Gasteiger partial charge on any atom is 0.343 e. The van der Waals surface area contributed by atoms with Crippen molar-refractivity contribution in [3.63, 3.8) is 0 Å². The molecule has 6 heteroatoms. The maximum atomic E-state index is 13.0. The number of ether oxygens (including phenoxy) is 2. The third-order valence-corrected chi connectivity index (χ3v) is 4.95. The molecule has 5 rings (SSSR count). The summed E-state index contributed by atoms with van der Waals surface area (Å²) in [5, 5.41) is 2.33. The summed E-state index contributed by atoms with van der Waals surface area (Å²) in [6.45, 7) is 0. The van der Waals surface area contributed by atoms with Crippen LogP contribution in [0, 0.1) is 5.82 Å². The average Bonchev–Trinajstić information content (AvgIpc) is 2.81. The van der Waals surface area contributed by atoms with Crippen LogP contribution in [0.2, 0.25) is 0 Å². The number of fused-ring (bicyclic) bond motifs is 2. The minimum absolute atomic E-state index is 0.0452. The van der Waals surface area contributed by atoms with Crippen molar-refractivity contribution in [1.82, 2.24) is 0 Å². The summed E-state index contributed by atoms with van der Waals surface area (Å²) >= 11 is 0. The highest BCUT2D eigenvalue weighted by molar-refractivity contribution is 5.91. The second-order valence-corrected chi connectivity index (χ2v) is 7.09. The molecule has 5 nitrogen and oxygen atoms in total. The van der Waals surface area contributed by atoms with Crippen molar-refractivity contribution in [3.05, 3.63) is 113 Å². The van der Waals surface area contributed by atoms with Crippen molar-refractivity contribution >= 4 is 27.7 Å². The van der Waals surface area contributed by atoms with Gasteiger partial charge >= 0.3 is 5.97 Å². The van der Waals surface area contributed by atoms with Gasteiger partial charge in [0.25, 0.3) is 0 Å². The quantitative estimate of drug-likeness (QED) is 0.257. The van der Waals surface area contributed by atoms with Crippen LogP contribution in [0.3, 0.4) is 0 Å². The van der Waals surface area contributed by atoms with Gasteiger partial charge in [-0.15, -0.1) is 0 Å². The number of rotatable bonds is 4. The van der Waals surface area contributed by atoms with Gasteiger partial charge in [0.05, 0.1) is 10.9 Å². The molecule has 0 aliphatic rings. The lowest BCUT2D eigenvalue weighted by Gasteiger charge is -2.08. The molecule has 0 saturated carbocycles. The van der Waals surface area contributed by atoms with Crippen LogP contribution in [0.5, 0.6) is 17.2 Å². The molecule has 156 valence electrons. The first-order valence-corrected chi connectivity index (χ1v) is 9.77. The van der Waals surface area contributed by atoms with E-state index in [1.54, 1.807) is 6.07 Å².